The molecule has 0 amide bonds. The van der Waals surface area contributed by atoms with Crippen LogP contribution >= 0.6 is 0 Å². The Morgan fingerprint density at radius 2 is 2.12 bits per heavy atom. The van der Waals surface area contributed by atoms with Gasteiger partial charge in [0, 0.05) is 26.6 Å². The monoisotopic (exact) mass is 236 g/mol. The summed E-state index contributed by atoms with van der Waals surface area (Å²) < 4.78 is 10.1. The van der Waals surface area contributed by atoms with Crippen LogP contribution in [0.4, 0.5) is 0 Å². The summed E-state index contributed by atoms with van der Waals surface area (Å²) in [5.41, 5.74) is 0.999. The fourth-order valence-electron chi connectivity index (χ4n) is 1.81. The van der Waals surface area contributed by atoms with Crippen LogP contribution in [-0.2, 0) is 16.0 Å². The highest BCUT2D eigenvalue weighted by atomic mass is 16.5. The van der Waals surface area contributed by atoms with Gasteiger partial charge in [0.1, 0.15) is 11.5 Å². The summed E-state index contributed by atoms with van der Waals surface area (Å²) >= 11 is 0. The van der Waals surface area contributed by atoms with E-state index < -0.39 is 0 Å². The third-order valence-corrected chi connectivity index (χ3v) is 2.56. The minimum absolute atomic E-state index is 0.239. The second kappa shape index (κ2) is 7.07. The number of methoxy groups -OCH3 is 2. The third-order valence-electron chi connectivity index (χ3n) is 2.56. The van der Waals surface area contributed by atoms with Crippen molar-refractivity contribution in [3.63, 3.8) is 0 Å². The number of Topliss-reactive ketones (excluding diaryl/α,β-unsaturated/α-hetero) is 1. The molecule has 1 aromatic carbocycles. The zero-order valence-electron chi connectivity index (χ0n) is 10.7. The van der Waals surface area contributed by atoms with Gasteiger partial charge in [-0.15, -0.1) is 0 Å². The molecule has 1 aromatic rings. The number of rotatable bonds is 7. The molecule has 0 bridgehead atoms. The molecule has 0 aliphatic rings. The summed E-state index contributed by atoms with van der Waals surface area (Å²) in [5, 5.41) is 0. The third kappa shape index (κ3) is 5.00. The van der Waals surface area contributed by atoms with E-state index in [9.17, 15) is 4.79 Å². The Labute approximate surface area is 103 Å². The molecule has 0 aliphatic heterocycles. The molecule has 0 N–H and O–H groups in total. The molecular weight excluding hydrogens is 216 g/mol. The quantitative estimate of drug-likeness (QED) is 0.729. The molecule has 0 saturated carbocycles. The molecule has 94 valence electrons. The molecule has 0 spiro atoms. The standard InChI is InChI=1S/C14H20O3/c1-11(10-16-2)7-13(15)8-12-5-4-6-14(9-12)17-3/h4-6,9,11H,7-8,10H2,1-3H3. The molecule has 0 radical (unpaired) electrons. The van der Waals surface area contributed by atoms with Crippen molar-refractivity contribution in [1.29, 1.82) is 0 Å². The Bertz CT molecular complexity index is 360. The fourth-order valence-corrected chi connectivity index (χ4v) is 1.81. The number of hydrogen-bond donors (Lipinski definition) is 0. The molecule has 0 fully saturated rings. The first-order chi connectivity index (χ1) is 8.15. The number of hydrogen-bond acceptors (Lipinski definition) is 3. The first kappa shape index (κ1) is 13.7. The van der Waals surface area contributed by atoms with Gasteiger partial charge in [0.05, 0.1) is 7.11 Å². The highest BCUT2D eigenvalue weighted by Gasteiger charge is 2.10. The lowest BCUT2D eigenvalue weighted by atomic mass is 10.0. The fraction of sp³-hybridized carbons (Fsp3) is 0.500. The van der Waals surface area contributed by atoms with Gasteiger partial charge in [0.15, 0.2) is 0 Å². The second-order valence-electron chi connectivity index (χ2n) is 4.33. The Morgan fingerprint density at radius 3 is 2.76 bits per heavy atom. The molecule has 1 unspecified atom stereocenters. The first-order valence-electron chi connectivity index (χ1n) is 5.79. The molecule has 0 saturated heterocycles. The van der Waals surface area contributed by atoms with Gasteiger partial charge < -0.3 is 9.47 Å². The van der Waals surface area contributed by atoms with E-state index in [4.69, 9.17) is 9.47 Å². The van der Waals surface area contributed by atoms with Crippen molar-refractivity contribution in [2.24, 2.45) is 5.92 Å². The van der Waals surface area contributed by atoms with E-state index in [1.54, 1.807) is 14.2 Å². The summed E-state index contributed by atoms with van der Waals surface area (Å²) in [6.45, 7) is 2.65. The second-order valence-corrected chi connectivity index (χ2v) is 4.33. The lowest BCUT2D eigenvalue weighted by Gasteiger charge is -2.09. The van der Waals surface area contributed by atoms with Gasteiger partial charge in [-0.1, -0.05) is 19.1 Å². The maximum atomic E-state index is 11.8. The predicted octanol–water partition coefficient (Wildman–Crippen LogP) is 2.48. The molecule has 0 aliphatic carbocycles. The molecule has 17 heavy (non-hydrogen) atoms. The number of benzene rings is 1. The van der Waals surface area contributed by atoms with Crippen molar-refractivity contribution in [3.8, 4) is 5.75 Å². The van der Waals surface area contributed by atoms with Crippen molar-refractivity contribution < 1.29 is 14.3 Å². The summed E-state index contributed by atoms with van der Waals surface area (Å²) in [6, 6.07) is 7.63. The van der Waals surface area contributed by atoms with Crippen molar-refractivity contribution in [1.82, 2.24) is 0 Å². The van der Waals surface area contributed by atoms with E-state index >= 15 is 0 Å². The highest BCUT2D eigenvalue weighted by molar-refractivity contribution is 5.81. The summed E-state index contributed by atoms with van der Waals surface area (Å²) in [6.07, 6.45) is 1.02. The Hall–Kier alpha value is -1.35. The van der Waals surface area contributed by atoms with Crippen LogP contribution in [0, 0.1) is 5.92 Å². The van der Waals surface area contributed by atoms with Crippen LogP contribution in [0.3, 0.4) is 0 Å². The van der Waals surface area contributed by atoms with Gasteiger partial charge in [0.25, 0.3) is 0 Å². The van der Waals surface area contributed by atoms with Gasteiger partial charge in [-0.05, 0) is 23.6 Å². The number of ether oxygens (including phenoxy) is 2. The van der Waals surface area contributed by atoms with E-state index in [1.807, 2.05) is 31.2 Å². The van der Waals surface area contributed by atoms with Crippen LogP contribution in [0.15, 0.2) is 24.3 Å². The average molecular weight is 236 g/mol. The van der Waals surface area contributed by atoms with Gasteiger partial charge in [0.2, 0.25) is 0 Å². The number of ketones is 1. The predicted molar refractivity (Wildman–Crippen MR) is 67.4 cm³/mol. The maximum absolute atomic E-state index is 11.8. The van der Waals surface area contributed by atoms with E-state index in [0.717, 1.165) is 11.3 Å². The molecule has 1 rings (SSSR count). The van der Waals surface area contributed by atoms with Crippen molar-refractivity contribution >= 4 is 5.78 Å². The molecule has 1 atom stereocenters. The van der Waals surface area contributed by atoms with Crippen LogP contribution in [0.2, 0.25) is 0 Å². The van der Waals surface area contributed by atoms with Crippen LogP contribution < -0.4 is 4.74 Å². The van der Waals surface area contributed by atoms with Gasteiger partial charge >= 0.3 is 0 Å². The van der Waals surface area contributed by atoms with Crippen molar-refractivity contribution in [2.75, 3.05) is 20.8 Å². The topological polar surface area (TPSA) is 35.5 Å². The van der Waals surface area contributed by atoms with E-state index in [1.165, 1.54) is 0 Å². The van der Waals surface area contributed by atoms with Crippen LogP contribution in [0.5, 0.6) is 5.75 Å². The Morgan fingerprint density at radius 1 is 1.35 bits per heavy atom. The average Bonchev–Trinajstić information content (AvgIpc) is 2.29. The van der Waals surface area contributed by atoms with Crippen LogP contribution in [0.25, 0.3) is 0 Å². The zero-order valence-corrected chi connectivity index (χ0v) is 10.7. The molecule has 3 heteroatoms. The lowest BCUT2D eigenvalue weighted by Crippen LogP contribution is -2.12. The molecule has 0 heterocycles. The zero-order chi connectivity index (χ0) is 12.7. The van der Waals surface area contributed by atoms with Crippen LogP contribution in [0.1, 0.15) is 18.9 Å². The van der Waals surface area contributed by atoms with Crippen molar-refractivity contribution in [3.05, 3.63) is 29.8 Å². The smallest absolute Gasteiger partial charge is 0.137 e. The largest absolute Gasteiger partial charge is 0.497 e. The van der Waals surface area contributed by atoms with Gasteiger partial charge in [-0.25, -0.2) is 0 Å². The van der Waals surface area contributed by atoms with E-state index in [0.29, 0.717) is 19.4 Å². The minimum atomic E-state index is 0.239. The van der Waals surface area contributed by atoms with Crippen LogP contribution in [-0.4, -0.2) is 26.6 Å². The molecular formula is C14H20O3. The van der Waals surface area contributed by atoms with E-state index in [2.05, 4.69) is 0 Å². The first-order valence-corrected chi connectivity index (χ1v) is 5.79. The normalized spacial score (nSPS) is 12.2. The van der Waals surface area contributed by atoms with Gasteiger partial charge in [-0.2, -0.15) is 0 Å². The minimum Gasteiger partial charge on any atom is -0.497 e. The maximum Gasteiger partial charge on any atom is 0.137 e. The van der Waals surface area contributed by atoms with Crippen molar-refractivity contribution in [2.45, 2.75) is 19.8 Å². The van der Waals surface area contributed by atoms with E-state index in [-0.39, 0.29) is 11.7 Å². The Balaban J connectivity index is 2.49. The van der Waals surface area contributed by atoms with Gasteiger partial charge in [-0.3, -0.25) is 4.79 Å². The molecule has 3 nitrogen and oxygen atoms in total. The number of carbonyl (C=O) groups is 1. The lowest BCUT2D eigenvalue weighted by molar-refractivity contribution is -0.119. The summed E-state index contributed by atoms with van der Waals surface area (Å²) in [4.78, 5) is 11.8. The summed E-state index contributed by atoms with van der Waals surface area (Å²) in [7, 11) is 3.28. The SMILES string of the molecule is COCC(C)CC(=O)Cc1cccc(OC)c1. The number of carbonyl (C=O) groups excluding carboxylic acids is 1. The Kier molecular flexibility index (Phi) is 5.70. The highest BCUT2D eigenvalue weighted by Crippen LogP contribution is 2.14. The summed E-state index contributed by atoms with van der Waals surface area (Å²) in [5.74, 6) is 1.31. The molecule has 0 aromatic heterocycles.